The molecule has 0 radical (unpaired) electrons. The minimum absolute atomic E-state index is 0.143. The molecule has 3 rings (SSSR count). The van der Waals surface area contributed by atoms with Gasteiger partial charge in [-0.3, -0.25) is 4.79 Å². The number of ether oxygens (including phenoxy) is 2. The number of hydrogen-bond acceptors (Lipinski definition) is 3. The van der Waals surface area contributed by atoms with Crippen LogP contribution < -0.4 is 0 Å². The van der Waals surface area contributed by atoms with Crippen molar-refractivity contribution in [2.45, 2.75) is 18.4 Å². The Hall–Kier alpha value is -1.19. The second-order valence-corrected chi connectivity index (χ2v) is 4.70. The molecule has 0 spiro atoms. The van der Waals surface area contributed by atoms with E-state index in [1.54, 1.807) is 0 Å². The molecule has 2 aliphatic rings. The lowest BCUT2D eigenvalue weighted by Crippen LogP contribution is -2.36. The molecule has 0 amide bonds. The van der Waals surface area contributed by atoms with Gasteiger partial charge in [0.15, 0.2) is 5.78 Å². The predicted molar refractivity (Wildman–Crippen MR) is 62.9 cm³/mol. The van der Waals surface area contributed by atoms with Gasteiger partial charge in [-0.2, -0.15) is 0 Å². The molecule has 1 saturated carbocycles. The molecule has 1 aliphatic carbocycles. The molecule has 3 heteroatoms. The maximum Gasteiger partial charge on any atom is 0.167 e. The molecule has 0 aromatic heterocycles. The number of rotatable bonds is 3. The number of carbonyl (C=O) groups excluding carboxylic acids is 1. The first kappa shape index (κ1) is 10.9. The summed E-state index contributed by atoms with van der Waals surface area (Å²) in [5.74, 6) is 0.761. The zero-order valence-electron chi connectivity index (χ0n) is 9.67. The predicted octanol–water partition coefficient (Wildman–Crippen LogP) is 1.77. The average molecular weight is 232 g/mol. The first-order valence-corrected chi connectivity index (χ1v) is 6.14. The van der Waals surface area contributed by atoms with Crippen LogP contribution in [0.4, 0.5) is 0 Å². The molecule has 1 aromatic carbocycles. The van der Waals surface area contributed by atoms with Gasteiger partial charge in [-0.05, 0) is 17.9 Å². The number of ketones is 1. The van der Waals surface area contributed by atoms with E-state index in [9.17, 15) is 4.79 Å². The van der Waals surface area contributed by atoms with Gasteiger partial charge in [0, 0.05) is 5.92 Å². The Bertz CT molecular complexity index is 395. The Morgan fingerprint density at radius 2 is 2.00 bits per heavy atom. The molecule has 17 heavy (non-hydrogen) atoms. The van der Waals surface area contributed by atoms with Crippen LogP contribution in [0, 0.1) is 5.92 Å². The van der Waals surface area contributed by atoms with Crippen LogP contribution >= 0.6 is 0 Å². The summed E-state index contributed by atoms with van der Waals surface area (Å²) in [7, 11) is 0. The lowest BCUT2D eigenvalue weighted by Gasteiger charge is -2.21. The number of hydrogen-bond donors (Lipinski definition) is 0. The molecule has 1 saturated heterocycles. The van der Waals surface area contributed by atoms with Gasteiger partial charge in [-0.15, -0.1) is 0 Å². The van der Waals surface area contributed by atoms with Crippen LogP contribution in [0.3, 0.4) is 0 Å². The van der Waals surface area contributed by atoms with Crippen LogP contribution in [0.25, 0.3) is 0 Å². The Balaban J connectivity index is 1.62. The molecule has 0 N–H and O–H groups in total. The molecule has 3 unspecified atom stereocenters. The quantitative estimate of drug-likeness (QED) is 0.796. The van der Waals surface area contributed by atoms with Crippen LogP contribution in [0.15, 0.2) is 30.3 Å². The number of carbonyl (C=O) groups is 1. The molecule has 1 aromatic rings. The van der Waals surface area contributed by atoms with Crippen molar-refractivity contribution in [3.05, 3.63) is 35.9 Å². The Kier molecular flexibility index (Phi) is 2.95. The molecule has 0 bridgehead atoms. The van der Waals surface area contributed by atoms with Gasteiger partial charge in [-0.25, -0.2) is 0 Å². The van der Waals surface area contributed by atoms with E-state index in [0.717, 1.165) is 6.42 Å². The normalized spacial score (nSPS) is 32.1. The van der Waals surface area contributed by atoms with Gasteiger partial charge in [-0.1, -0.05) is 30.3 Å². The maximum atomic E-state index is 12.1. The average Bonchev–Trinajstić information content (AvgIpc) is 3.20. The van der Waals surface area contributed by atoms with Crippen molar-refractivity contribution in [3.8, 4) is 0 Å². The largest absolute Gasteiger partial charge is 0.376 e. The fourth-order valence-corrected chi connectivity index (χ4v) is 2.47. The highest BCUT2D eigenvalue weighted by molar-refractivity contribution is 5.89. The van der Waals surface area contributed by atoms with E-state index >= 15 is 0 Å². The van der Waals surface area contributed by atoms with Gasteiger partial charge < -0.3 is 9.47 Å². The van der Waals surface area contributed by atoms with Crippen molar-refractivity contribution in [2.24, 2.45) is 5.92 Å². The highest BCUT2D eigenvalue weighted by Gasteiger charge is 2.46. The molecular formula is C14H16O3. The van der Waals surface area contributed by atoms with E-state index in [1.807, 2.05) is 18.2 Å². The zero-order chi connectivity index (χ0) is 11.7. The topological polar surface area (TPSA) is 35.5 Å². The van der Waals surface area contributed by atoms with Crippen molar-refractivity contribution in [3.63, 3.8) is 0 Å². The van der Waals surface area contributed by atoms with E-state index in [1.165, 1.54) is 5.56 Å². The van der Waals surface area contributed by atoms with Gasteiger partial charge >= 0.3 is 0 Å². The van der Waals surface area contributed by atoms with Crippen LogP contribution in [-0.4, -0.2) is 31.7 Å². The molecule has 3 atom stereocenters. The summed E-state index contributed by atoms with van der Waals surface area (Å²) in [6.07, 6.45) is 0.630. The van der Waals surface area contributed by atoms with Crippen LogP contribution in [0.2, 0.25) is 0 Å². The van der Waals surface area contributed by atoms with E-state index < -0.39 is 0 Å². The first-order chi connectivity index (χ1) is 8.36. The monoisotopic (exact) mass is 232 g/mol. The van der Waals surface area contributed by atoms with Crippen LogP contribution in [0.1, 0.15) is 17.9 Å². The second kappa shape index (κ2) is 4.59. The molecule has 3 nitrogen and oxygen atoms in total. The van der Waals surface area contributed by atoms with Crippen molar-refractivity contribution < 1.29 is 14.3 Å². The summed E-state index contributed by atoms with van der Waals surface area (Å²) in [5, 5.41) is 0. The Morgan fingerprint density at radius 1 is 1.18 bits per heavy atom. The summed E-state index contributed by atoms with van der Waals surface area (Å²) < 4.78 is 10.7. The fraction of sp³-hybridized carbons (Fsp3) is 0.500. The molecule has 2 fully saturated rings. The summed E-state index contributed by atoms with van der Waals surface area (Å²) in [6.45, 7) is 1.58. The first-order valence-electron chi connectivity index (χ1n) is 6.14. The van der Waals surface area contributed by atoms with Gasteiger partial charge in [0.05, 0.1) is 19.8 Å². The Labute approximate surface area is 101 Å². The summed E-state index contributed by atoms with van der Waals surface area (Å²) in [6, 6.07) is 10.2. The van der Waals surface area contributed by atoms with E-state index in [0.29, 0.717) is 25.7 Å². The van der Waals surface area contributed by atoms with Gasteiger partial charge in [0.1, 0.15) is 6.10 Å². The van der Waals surface area contributed by atoms with Crippen LogP contribution in [-0.2, 0) is 14.3 Å². The molecule has 1 aliphatic heterocycles. The zero-order valence-corrected chi connectivity index (χ0v) is 9.67. The molecular weight excluding hydrogens is 216 g/mol. The van der Waals surface area contributed by atoms with E-state index in [2.05, 4.69) is 12.1 Å². The van der Waals surface area contributed by atoms with E-state index in [-0.39, 0.29) is 17.8 Å². The van der Waals surface area contributed by atoms with Gasteiger partial charge in [0.2, 0.25) is 0 Å². The molecule has 1 heterocycles. The summed E-state index contributed by atoms with van der Waals surface area (Å²) in [5.41, 5.74) is 1.27. The highest BCUT2D eigenvalue weighted by atomic mass is 16.6. The number of Topliss-reactive ketones (excluding diaryl/α,β-unsaturated/α-hetero) is 1. The third kappa shape index (κ3) is 2.26. The maximum absolute atomic E-state index is 12.1. The summed E-state index contributed by atoms with van der Waals surface area (Å²) in [4.78, 5) is 12.1. The fourth-order valence-electron chi connectivity index (χ4n) is 2.47. The van der Waals surface area contributed by atoms with Crippen LogP contribution in [0.5, 0.6) is 0 Å². The summed E-state index contributed by atoms with van der Waals surface area (Å²) >= 11 is 0. The lowest BCUT2D eigenvalue weighted by molar-refractivity contribution is -0.146. The smallest absolute Gasteiger partial charge is 0.167 e. The highest BCUT2D eigenvalue weighted by Crippen LogP contribution is 2.48. The van der Waals surface area contributed by atoms with Crippen molar-refractivity contribution in [2.75, 3.05) is 19.8 Å². The van der Waals surface area contributed by atoms with Gasteiger partial charge in [0.25, 0.3) is 0 Å². The van der Waals surface area contributed by atoms with E-state index in [4.69, 9.17) is 9.47 Å². The number of benzene rings is 1. The SMILES string of the molecule is O=C(C1COCCO1)C1CC1c1ccccc1. The third-order valence-electron chi connectivity index (χ3n) is 3.52. The second-order valence-electron chi connectivity index (χ2n) is 4.70. The third-order valence-corrected chi connectivity index (χ3v) is 3.52. The molecule has 90 valence electrons. The lowest BCUT2D eigenvalue weighted by atomic mass is 10.0. The Morgan fingerprint density at radius 3 is 2.71 bits per heavy atom. The standard InChI is InChI=1S/C14H16O3/c15-14(13-9-16-6-7-17-13)12-8-11(12)10-4-2-1-3-5-10/h1-5,11-13H,6-9H2. The minimum Gasteiger partial charge on any atom is -0.376 e. The van der Waals surface area contributed by atoms with Crippen molar-refractivity contribution in [1.29, 1.82) is 0 Å². The van der Waals surface area contributed by atoms with Crippen molar-refractivity contribution in [1.82, 2.24) is 0 Å². The minimum atomic E-state index is -0.331. The van der Waals surface area contributed by atoms with Crippen molar-refractivity contribution >= 4 is 5.78 Å².